The van der Waals surface area contributed by atoms with Crippen molar-refractivity contribution in [2.75, 3.05) is 36.0 Å². The molecule has 1 aliphatic heterocycles. The van der Waals surface area contributed by atoms with Gasteiger partial charge in [-0.25, -0.2) is 4.98 Å². The normalized spacial score (nSPS) is 15.3. The standard InChI is InChI=1S/C16H18BrN3O/c17-14-11-13(12-21)4-5-15(14)19-7-9-20(10-8-19)16-3-1-2-6-18-16/h1-6,11,21H,7-10,12H2. The lowest BCUT2D eigenvalue weighted by atomic mass is 10.2. The Balaban J connectivity index is 1.68. The Morgan fingerprint density at radius 2 is 1.81 bits per heavy atom. The van der Waals surface area contributed by atoms with Crippen molar-refractivity contribution < 1.29 is 5.11 Å². The van der Waals surface area contributed by atoms with Crippen LogP contribution < -0.4 is 9.80 Å². The number of rotatable bonds is 3. The number of pyridine rings is 1. The van der Waals surface area contributed by atoms with E-state index in [0.717, 1.165) is 42.0 Å². The molecule has 1 fully saturated rings. The Bertz CT molecular complexity index is 598. The Morgan fingerprint density at radius 3 is 2.43 bits per heavy atom. The number of piperazine rings is 1. The van der Waals surface area contributed by atoms with E-state index in [9.17, 15) is 5.11 Å². The molecule has 2 heterocycles. The molecule has 110 valence electrons. The summed E-state index contributed by atoms with van der Waals surface area (Å²) in [5.74, 6) is 1.05. The van der Waals surface area contributed by atoms with E-state index in [1.165, 1.54) is 5.69 Å². The van der Waals surface area contributed by atoms with E-state index in [2.05, 4.69) is 42.8 Å². The molecule has 2 aromatic rings. The number of benzene rings is 1. The molecular formula is C16H18BrN3O. The first-order valence-corrected chi connectivity index (χ1v) is 7.87. The molecule has 5 heteroatoms. The van der Waals surface area contributed by atoms with E-state index in [1.54, 1.807) is 0 Å². The minimum Gasteiger partial charge on any atom is -0.392 e. The summed E-state index contributed by atoms with van der Waals surface area (Å²) in [5, 5.41) is 9.18. The van der Waals surface area contributed by atoms with Crippen LogP contribution in [0.3, 0.4) is 0 Å². The zero-order valence-corrected chi connectivity index (χ0v) is 13.3. The zero-order chi connectivity index (χ0) is 14.7. The topological polar surface area (TPSA) is 39.6 Å². The maximum absolute atomic E-state index is 9.18. The highest BCUT2D eigenvalue weighted by molar-refractivity contribution is 9.10. The lowest BCUT2D eigenvalue weighted by Crippen LogP contribution is -2.46. The van der Waals surface area contributed by atoms with Crippen LogP contribution in [0.2, 0.25) is 0 Å². The first kappa shape index (κ1) is 14.4. The largest absolute Gasteiger partial charge is 0.392 e. The van der Waals surface area contributed by atoms with Crippen molar-refractivity contribution in [3.05, 3.63) is 52.6 Å². The van der Waals surface area contributed by atoms with Gasteiger partial charge < -0.3 is 14.9 Å². The van der Waals surface area contributed by atoms with E-state index >= 15 is 0 Å². The maximum atomic E-state index is 9.18. The van der Waals surface area contributed by atoms with Gasteiger partial charge in [0.25, 0.3) is 0 Å². The molecule has 1 saturated heterocycles. The van der Waals surface area contributed by atoms with Crippen LogP contribution in [0.1, 0.15) is 5.56 Å². The van der Waals surface area contributed by atoms with Gasteiger partial charge in [0.15, 0.2) is 0 Å². The van der Waals surface area contributed by atoms with Gasteiger partial charge in [0, 0.05) is 36.8 Å². The van der Waals surface area contributed by atoms with Gasteiger partial charge in [-0.05, 0) is 45.8 Å². The molecule has 1 aromatic carbocycles. The average Bonchev–Trinajstić information content (AvgIpc) is 2.56. The molecule has 0 aliphatic carbocycles. The van der Waals surface area contributed by atoms with Crippen molar-refractivity contribution in [1.82, 2.24) is 4.98 Å². The summed E-state index contributed by atoms with van der Waals surface area (Å²) in [6, 6.07) is 12.1. The summed E-state index contributed by atoms with van der Waals surface area (Å²) >= 11 is 3.60. The third-order valence-corrected chi connectivity index (χ3v) is 4.42. The van der Waals surface area contributed by atoms with Gasteiger partial charge in [0.05, 0.1) is 12.3 Å². The predicted octanol–water partition coefficient (Wildman–Crippen LogP) is 2.66. The van der Waals surface area contributed by atoms with Crippen molar-refractivity contribution in [3.8, 4) is 0 Å². The number of halogens is 1. The number of anilines is 2. The Hall–Kier alpha value is -1.59. The highest BCUT2D eigenvalue weighted by Gasteiger charge is 2.19. The fraction of sp³-hybridized carbons (Fsp3) is 0.312. The summed E-state index contributed by atoms with van der Waals surface area (Å²) in [6.07, 6.45) is 1.84. The molecule has 1 aliphatic rings. The summed E-state index contributed by atoms with van der Waals surface area (Å²) in [4.78, 5) is 9.09. The molecule has 21 heavy (non-hydrogen) atoms. The highest BCUT2D eigenvalue weighted by atomic mass is 79.9. The first-order valence-electron chi connectivity index (χ1n) is 7.08. The molecule has 0 saturated carbocycles. The van der Waals surface area contributed by atoms with Crippen molar-refractivity contribution in [2.24, 2.45) is 0 Å². The van der Waals surface area contributed by atoms with Crippen LogP contribution >= 0.6 is 15.9 Å². The number of aromatic nitrogens is 1. The quantitative estimate of drug-likeness (QED) is 0.926. The van der Waals surface area contributed by atoms with E-state index in [0.29, 0.717) is 0 Å². The average molecular weight is 348 g/mol. The predicted molar refractivity (Wildman–Crippen MR) is 88.7 cm³/mol. The third kappa shape index (κ3) is 3.19. The van der Waals surface area contributed by atoms with Crippen LogP contribution in [0, 0.1) is 0 Å². The van der Waals surface area contributed by atoms with Gasteiger partial charge in [0.2, 0.25) is 0 Å². The summed E-state index contributed by atoms with van der Waals surface area (Å²) in [5.41, 5.74) is 2.12. The minimum atomic E-state index is 0.0757. The molecule has 0 unspecified atom stereocenters. The third-order valence-electron chi connectivity index (χ3n) is 3.79. The lowest BCUT2D eigenvalue weighted by Gasteiger charge is -2.37. The highest BCUT2D eigenvalue weighted by Crippen LogP contribution is 2.28. The number of nitrogens with zero attached hydrogens (tertiary/aromatic N) is 3. The van der Waals surface area contributed by atoms with Gasteiger partial charge in [-0.3, -0.25) is 0 Å². The molecule has 1 N–H and O–H groups in total. The van der Waals surface area contributed by atoms with E-state index in [-0.39, 0.29) is 6.61 Å². The fourth-order valence-corrected chi connectivity index (χ4v) is 3.30. The second-order valence-electron chi connectivity index (χ2n) is 5.11. The number of aliphatic hydroxyl groups excluding tert-OH is 1. The molecule has 0 spiro atoms. The van der Waals surface area contributed by atoms with Crippen LogP contribution in [-0.2, 0) is 6.61 Å². The Kier molecular flexibility index (Phi) is 4.41. The van der Waals surface area contributed by atoms with Crippen molar-refractivity contribution >= 4 is 27.4 Å². The van der Waals surface area contributed by atoms with Crippen LogP contribution in [0.15, 0.2) is 47.1 Å². The molecule has 0 atom stereocenters. The molecule has 0 amide bonds. The smallest absolute Gasteiger partial charge is 0.128 e. The van der Waals surface area contributed by atoms with Crippen LogP contribution in [0.4, 0.5) is 11.5 Å². The summed E-state index contributed by atoms with van der Waals surface area (Å²) in [6.45, 7) is 3.93. The fourth-order valence-electron chi connectivity index (χ4n) is 2.62. The van der Waals surface area contributed by atoms with Crippen molar-refractivity contribution in [3.63, 3.8) is 0 Å². The van der Waals surface area contributed by atoms with Gasteiger partial charge in [-0.15, -0.1) is 0 Å². The first-order chi connectivity index (χ1) is 10.3. The molecular weight excluding hydrogens is 330 g/mol. The van der Waals surface area contributed by atoms with E-state index < -0.39 is 0 Å². The van der Waals surface area contributed by atoms with Crippen LogP contribution in [0.25, 0.3) is 0 Å². The SMILES string of the molecule is OCc1ccc(N2CCN(c3ccccn3)CC2)c(Br)c1. The Morgan fingerprint density at radius 1 is 1.05 bits per heavy atom. The number of hydrogen-bond donors (Lipinski definition) is 1. The second-order valence-corrected chi connectivity index (χ2v) is 5.96. The van der Waals surface area contributed by atoms with E-state index in [1.807, 2.05) is 30.5 Å². The van der Waals surface area contributed by atoms with Crippen molar-refractivity contribution in [2.45, 2.75) is 6.61 Å². The molecule has 4 nitrogen and oxygen atoms in total. The summed E-state index contributed by atoms with van der Waals surface area (Å²) < 4.78 is 1.04. The van der Waals surface area contributed by atoms with Gasteiger partial charge in [0.1, 0.15) is 5.82 Å². The van der Waals surface area contributed by atoms with Crippen LogP contribution in [0.5, 0.6) is 0 Å². The Labute approximate surface area is 133 Å². The second kappa shape index (κ2) is 6.45. The van der Waals surface area contributed by atoms with Gasteiger partial charge in [-0.2, -0.15) is 0 Å². The van der Waals surface area contributed by atoms with Gasteiger partial charge in [-0.1, -0.05) is 12.1 Å². The number of aliphatic hydroxyl groups is 1. The molecule has 1 aromatic heterocycles. The monoisotopic (exact) mass is 347 g/mol. The molecule has 0 radical (unpaired) electrons. The minimum absolute atomic E-state index is 0.0757. The molecule has 3 rings (SSSR count). The van der Waals surface area contributed by atoms with Crippen LogP contribution in [-0.4, -0.2) is 36.3 Å². The van der Waals surface area contributed by atoms with Crippen molar-refractivity contribution in [1.29, 1.82) is 0 Å². The van der Waals surface area contributed by atoms with E-state index in [4.69, 9.17) is 0 Å². The van der Waals surface area contributed by atoms with Gasteiger partial charge >= 0.3 is 0 Å². The number of hydrogen-bond acceptors (Lipinski definition) is 4. The zero-order valence-electron chi connectivity index (χ0n) is 11.7. The lowest BCUT2D eigenvalue weighted by molar-refractivity contribution is 0.282. The summed E-state index contributed by atoms with van der Waals surface area (Å²) in [7, 11) is 0. The maximum Gasteiger partial charge on any atom is 0.128 e. The molecule has 0 bridgehead atoms.